The van der Waals surface area contributed by atoms with Crippen molar-refractivity contribution in [2.75, 3.05) is 29.6 Å². The highest BCUT2D eigenvalue weighted by atomic mass is 32.2. The van der Waals surface area contributed by atoms with Crippen molar-refractivity contribution in [1.29, 1.82) is 0 Å². The Bertz CT molecular complexity index is 940. The van der Waals surface area contributed by atoms with E-state index in [1.807, 2.05) is 12.1 Å². The molecule has 1 aromatic carbocycles. The smallest absolute Gasteiger partial charge is 0.288 e. The Morgan fingerprint density at radius 1 is 1.19 bits per heavy atom. The quantitative estimate of drug-likeness (QED) is 0.597. The summed E-state index contributed by atoms with van der Waals surface area (Å²) in [6.07, 6.45) is 6.31. The highest BCUT2D eigenvalue weighted by molar-refractivity contribution is 7.90. The molecule has 0 bridgehead atoms. The van der Waals surface area contributed by atoms with Gasteiger partial charge >= 0.3 is 0 Å². The molecule has 3 rings (SSSR count). The van der Waals surface area contributed by atoms with Gasteiger partial charge in [-0.05, 0) is 49.1 Å². The van der Waals surface area contributed by atoms with E-state index in [0.717, 1.165) is 30.7 Å². The molecule has 0 amide bonds. The zero-order chi connectivity index (χ0) is 19.4. The van der Waals surface area contributed by atoms with Crippen LogP contribution in [-0.2, 0) is 16.4 Å². The first-order valence-electron chi connectivity index (χ1n) is 8.77. The summed E-state index contributed by atoms with van der Waals surface area (Å²) in [7, 11) is -3.70. The van der Waals surface area contributed by atoms with Gasteiger partial charge in [0.25, 0.3) is 5.69 Å². The molecule has 1 aromatic heterocycles. The third kappa shape index (κ3) is 4.73. The number of sulfone groups is 1. The first-order chi connectivity index (χ1) is 12.8. The van der Waals surface area contributed by atoms with Gasteiger partial charge < -0.3 is 10.2 Å². The number of pyridine rings is 1. The van der Waals surface area contributed by atoms with Crippen LogP contribution >= 0.6 is 0 Å². The van der Waals surface area contributed by atoms with Crippen molar-refractivity contribution >= 4 is 27.0 Å². The summed E-state index contributed by atoms with van der Waals surface area (Å²) in [4.78, 5) is 16.8. The second kappa shape index (κ2) is 7.91. The number of piperidine rings is 1. The first-order valence-corrected chi connectivity index (χ1v) is 10.7. The van der Waals surface area contributed by atoms with Crippen LogP contribution in [0.1, 0.15) is 24.8 Å². The molecule has 8 nitrogen and oxygen atoms in total. The van der Waals surface area contributed by atoms with Gasteiger partial charge in [0.2, 0.25) is 0 Å². The number of hydrogen-bond acceptors (Lipinski definition) is 7. The van der Waals surface area contributed by atoms with Crippen molar-refractivity contribution in [2.45, 2.75) is 30.7 Å². The molecule has 27 heavy (non-hydrogen) atoms. The third-order valence-corrected chi connectivity index (χ3v) is 5.67. The molecule has 0 unspecified atom stereocenters. The molecule has 0 radical (unpaired) electrons. The zero-order valence-electron chi connectivity index (χ0n) is 15.1. The molecule has 0 atom stereocenters. The standard InChI is InChI=1S/C18H22N4O4S/c1-27(25,26)17-12-15(5-6-16(17)22(23)24)20-13-14-7-8-19-18(11-14)21-9-3-2-4-10-21/h5-8,11-12,20H,2-4,9-10,13H2,1H3. The third-order valence-electron chi connectivity index (χ3n) is 4.54. The monoisotopic (exact) mass is 390 g/mol. The molecular weight excluding hydrogens is 368 g/mol. The van der Waals surface area contributed by atoms with Crippen LogP contribution < -0.4 is 10.2 Å². The van der Waals surface area contributed by atoms with Gasteiger partial charge in [-0.25, -0.2) is 13.4 Å². The zero-order valence-corrected chi connectivity index (χ0v) is 15.9. The van der Waals surface area contributed by atoms with Gasteiger partial charge in [-0.2, -0.15) is 0 Å². The van der Waals surface area contributed by atoms with Gasteiger partial charge in [0.15, 0.2) is 9.84 Å². The number of nitro benzene ring substituents is 1. The summed E-state index contributed by atoms with van der Waals surface area (Å²) >= 11 is 0. The van der Waals surface area contributed by atoms with Crippen molar-refractivity contribution in [1.82, 2.24) is 4.98 Å². The number of nitrogens with zero attached hydrogens (tertiary/aromatic N) is 3. The van der Waals surface area contributed by atoms with Gasteiger partial charge in [-0.1, -0.05) is 0 Å². The average Bonchev–Trinajstić information content (AvgIpc) is 2.66. The molecule has 1 saturated heterocycles. The molecule has 1 aliphatic rings. The maximum atomic E-state index is 11.9. The fourth-order valence-electron chi connectivity index (χ4n) is 3.14. The molecule has 0 spiro atoms. The second-order valence-corrected chi connectivity index (χ2v) is 8.62. The van der Waals surface area contributed by atoms with Crippen molar-refractivity contribution < 1.29 is 13.3 Å². The molecule has 1 fully saturated rings. The number of aromatic nitrogens is 1. The van der Waals surface area contributed by atoms with Gasteiger partial charge in [0, 0.05) is 43.8 Å². The molecule has 1 aliphatic heterocycles. The SMILES string of the molecule is CS(=O)(=O)c1cc(NCc2ccnc(N3CCCCC3)c2)ccc1[N+](=O)[O-]. The number of hydrogen-bond donors (Lipinski definition) is 1. The Kier molecular flexibility index (Phi) is 5.59. The van der Waals surface area contributed by atoms with Crippen LogP contribution in [0.3, 0.4) is 0 Å². The number of nitro groups is 1. The van der Waals surface area contributed by atoms with Crippen molar-refractivity contribution in [3.05, 3.63) is 52.2 Å². The summed E-state index contributed by atoms with van der Waals surface area (Å²) in [6, 6.07) is 7.94. The Balaban J connectivity index is 1.76. The second-order valence-electron chi connectivity index (χ2n) is 6.64. The average molecular weight is 390 g/mol. The van der Waals surface area contributed by atoms with E-state index in [2.05, 4.69) is 15.2 Å². The van der Waals surface area contributed by atoms with Gasteiger partial charge in [0.1, 0.15) is 10.7 Å². The number of benzene rings is 1. The Hall–Kier alpha value is -2.68. The highest BCUT2D eigenvalue weighted by Gasteiger charge is 2.22. The fraction of sp³-hybridized carbons (Fsp3) is 0.389. The molecule has 0 saturated carbocycles. The van der Waals surface area contributed by atoms with E-state index < -0.39 is 20.4 Å². The van der Waals surface area contributed by atoms with E-state index in [1.165, 1.54) is 37.5 Å². The van der Waals surface area contributed by atoms with Crippen LogP contribution in [0.4, 0.5) is 17.2 Å². The number of rotatable bonds is 6. The molecule has 2 heterocycles. The lowest BCUT2D eigenvalue weighted by Gasteiger charge is -2.28. The van der Waals surface area contributed by atoms with E-state index >= 15 is 0 Å². The highest BCUT2D eigenvalue weighted by Crippen LogP contribution is 2.27. The fourth-order valence-corrected chi connectivity index (χ4v) is 4.01. The lowest BCUT2D eigenvalue weighted by molar-refractivity contribution is -0.387. The Labute approximate surface area is 158 Å². The molecule has 9 heteroatoms. The lowest BCUT2D eigenvalue weighted by Crippen LogP contribution is -2.30. The predicted molar refractivity (Wildman–Crippen MR) is 104 cm³/mol. The molecule has 1 N–H and O–H groups in total. The van der Waals surface area contributed by atoms with Crippen LogP contribution in [0.2, 0.25) is 0 Å². The van der Waals surface area contributed by atoms with Crippen molar-refractivity contribution in [3.63, 3.8) is 0 Å². The first kappa shape index (κ1) is 19.1. The minimum Gasteiger partial charge on any atom is -0.381 e. The maximum Gasteiger partial charge on any atom is 0.288 e. The maximum absolute atomic E-state index is 11.9. The summed E-state index contributed by atoms with van der Waals surface area (Å²) in [5, 5.41) is 14.2. The van der Waals surface area contributed by atoms with E-state index in [4.69, 9.17) is 0 Å². The van der Waals surface area contributed by atoms with Crippen LogP contribution in [0, 0.1) is 10.1 Å². The predicted octanol–water partition coefficient (Wildman–Crippen LogP) is 3.00. The molecular formula is C18H22N4O4S. The van der Waals surface area contributed by atoms with Crippen LogP contribution in [0.5, 0.6) is 0 Å². The summed E-state index contributed by atoms with van der Waals surface area (Å²) in [5.74, 6) is 0.939. The Morgan fingerprint density at radius 2 is 1.93 bits per heavy atom. The van der Waals surface area contributed by atoms with Crippen LogP contribution in [0.25, 0.3) is 0 Å². The van der Waals surface area contributed by atoms with E-state index in [9.17, 15) is 18.5 Å². The Morgan fingerprint density at radius 3 is 2.59 bits per heavy atom. The normalized spacial score (nSPS) is 14.8. The minimum atomic E-state index is -3.70. The summed E-state index contributed by atoms with van der Waals surface area (Å²) in [6.45, 7) is 2.47. The van der Waals surface area contributed by atoms with Gasteiger partial charge in [0.05, 0.1) is 4.92 Å². The number of anilines is 2. The van der Waals surface area contributed by atoms with E-state index in [1.54, 1.807) is 6.20 Å². The molecule has 0 aliphatic carbocycles. The van der Waals surface area contributed by atoms with Crippen LogP contribution in [-0.4, -0.2) is 37.7 Å². The largest absolute Gasteiger partial charge is 0.381 e. The van der Waals surface area contributed by atoms with Crippen molar-refractivity contribution in [3.8, 4) is 0 Å². The topological polar surface area (TPSA) is 105 Å². The van der Waals surface area contributed by atoms with Gasteiger partial charge in [-0.15, -0.1) is 0 Å². The van der Waals surface area contributed by atoms with E-state index in [0.29, 0.717) is 12.2 Å². The van der Waals surface area contributed by atoms with E-state index in [-0.39, 0.29) is 4.90 Å². The number of nitrogens with one attached hydrogen (secondary N) is 1. The molecule has 2 aromatic rings. The minimum absolute atomic E-state index is 0.291. The lowest BCUT2D eigenvalue weighted by atomic mass is 10.1. The summed E-state index contributed by atoms with van der Waals surface area (Å²) < 4.78 is 23.7. The van der Waals surface area contributed by atoms with Crippen molar-refractivity contribution in [2.24, 2.45) is 0 Å². The summed E-state index contributed by atoms with van der Waals surface area (Å²) in [5.41, 5.74) is 1.10. The van der Waals surface area contributed by atoms with Crippen LogP contribution in [0.15, 0.2) is 41.4 Å². The van der Waals surface area contributed by atoms with Gasteiger partial charge in [-0.3, -0.25) is 10.1 Å². The molecule has 144 valence electrons.